The minimum Gasteiger partial charge on any atom is -0.462 e. The van der Waals surface area contributed by atoms with Crippen LogP contribution in [0, 0.1) is 0 Å². The van der Waals surface area contributed by atoms with Gasteiger partial charge in [-0.1, -0.05) is 230 Å². The monoisotopic (exact) mass is 855 g/mol. The number of allylic oxidation sites excluding steroid dienone is 8. The van der Waals surface area contributed by atoms with E-state index in [1.54, 1.807) is 0 Å². The molecule has 0 heterocycles. The molecule has 0 bridgehead atoms. The number of unbranched alkanes of at least 4 members (excludes halogenated alkanes) is 30. The average Bonchev–Trinajstić information content (AvgIpc) is 3.26. The smallest absolute Gasteiger partial charge is 0.306 e. The summed E-state index contributed by atoms with van der Waals surface area (Å²) in [5.41, 5.74) is 0. The van der Waals surface area contributed by atoms with Gasteiger partial charge in [0.2, 0.25) is 0 Å². The molecule has 0 N–H and O–H groups in total. The summed E-state index contributed by atoms with van der Waals surface area (Å²) in [7, 11) is 0. The van der Waals surface area contributed by atoms with Crippen molar-refractivity contribution in [2.24, 2.45) is 0 Å². The maximum atomic E-state index is 12.8. The van der Waals surface area contributed by atoms with E-state index in [9.17, 15) is 14.4 Å². The van der Waals surface area contributed by atoms with E-state index in [2.05, 4.69) is 69.4 Å². The second-order valence-electron chi connectivity index (χ2n) is 17.5. The van der Waals surface area contributed by atoms with Crippen LogP contribution in [0.15, 0.2) is 48.6 Å². The molecule has 0 saturated heterocycles. The van der Waals surface area contributed by atoms with Gasteiger partial charge >= 0.3 is 17.9 Å². The first-order valence-corrected chi connectivity index (χ1v) is 26.2. The highest BCUT2D eigenvalue weighted by atomic mass is 16.6. The Labute approximate surface area is 378 Å². The maximum Gasteiger partial charge on any atom is 0.306 e. The molecular formula is C55H98O6. The second kappa shape index (κ2) is 50.0. The quantitative estimate of drug-likeness (QED) is 0.0199. The van der Waals surface area contributed by atoms with E-state index < -0.39 is 6.10 Å². The van der Waals surface area contributed by atoms with Crippen LogP contribution in [0.3, 0.4) is 0 Å². The van der Waals surface area contributed by atoms with Gasteiger partial charge in [-0.25, -0.2) is 0 Å². The third-order valence-corrected chi connectivity index (χ3v) is 11.4. The van der Waals surface area contributed by atoms with Crippen LogP contribution in [0.1, 0.15) is 265 Å². The predicted molar refractivity (Wildman–Crippen MR) is 261 cm³/mol. The molecule has 0 aliphatic carbocycles. The first-order valence-electron chi connectivity index (χ1n) is 26.2. The van der Waals surface area contributed by atoms with Crippen LogP contribution < -0.4 is 0 Å². The van der Waals surface area contributed by atoms with Crippen molar-refractivity contribution in [2.45, 2.75) is 271 Å². The Morgan fingerprint density at radius 3 is 1.03 bits per heavy atom. The molecule has 354 valence electrons. The van der Waals surface area contributed by atoms with E-state index in [0.717, 1.165) is 70.6 Å². The van der Waals surface area contributed by atoms with Crippen molar-refractivity contribution < 1.29 is 28.6 Å². The van der Waals surface area contributed by atoms with E-state index in [1.165, 1.54) is 154 Å². The Kier molecular flexibility index (Phi) is 47.9. The Morgan fingerprint density at radius 1 is 0.344 bits per heavy atom. The Bertz CT molecular complexity index is 1070. The zero-order valence-corrected chi connectivity index (χ0v) is 40.4. The highest BCUT2D eigenvalue weighted by molar-refractivity contribution is 5.71. The van der Waals surface area contributed by atoms with Gasteiger partial charge in [-0.3, -0.25) is 14.4 Å². The minimum absolute atomic E-state index is 0.0777. The normalized spacial score (nSPS) is 12.4. The van der Waals surface area contributed by atoms with Gasteiger partial charge in [0.05, 0.1) is 0 Å². The third-order valence-electron chi connectivity index (χ3n) is 11.4. The van der Waals surface area contributed by atoms with Crippen molar-refractivity contribution in [1.29, 1.82) is 0 Å². The summed E-state index contributed by atoms with van der Waals surface area (Å²) in [6.45, 7) is 6.49. The lowest BCUT2D eigenvalue weighted by atomic mass is 10.1. The second-order valence-corrected chi connectivity index (χ2v) is 17.5. The maximum absolute atomic E-state index is 12.8. The molecule has 1 atom stereocenters. The van der Waals surface area contributed by atoms with Gasteiger partial charge in [-0.15, -0.1) is 0 Å². The molecule has 6 nitrogen and oxygen atoms in total. The number of hydrogen-bond donors (Lipinski definition) is 0. The topological polar surface area (TPSA) is 78.9 Å². The summed E-state index contributed by atoms with van der Waals surface area (Å²) in [6.07, 6.45) is 59.6. The molecule has 0 amide bonds. The summed E-state index contributed by atoms with van der Waals surface area (Å²) in [5, 5.41) is 0. The lowest BCUT2D eigenvalue weighted by Gasteiger charge is -2.18. The SMILES string of the molecule is CC\C=C/C=C\C=C/CCCCCCCCCC(=O)OC(COC(=O)CCCCCCCCC/C=C\CCCCCCCCCC)COC(=O)CCCCCCCCCCC. The molecule has 0 aromatic heterocycles. The van der Waals surface area contributed by atoms with E-state index in [4.69, 9.17) is 14.2 Å². The van der Waals surface area contributed by atoms with E-state index >= 15 is 0 Å². The highest BCUT2D eigenvalue weighted by Crippen LogP contribution is 2.15. The predicted octanol–water partition coefficient (Wildman–Crippen LogP) is 17.1. The van der Waals surface area contributed by atoms with E-state index in [1.807, 2.05) is 0 Å². The number of hydrogen-bond acceptors (Lipinski definition) is 6. The van der Waals surface area contributed by atoms with Crippen molar-refractivity contribution in [3.05, 3.63) is 48.6 Å². The third kappa shape index (κ3) is 48.3. The lowest BCUT2D eigenvalue weighted by Crippen LogP contribution is -2.30. The molecule has 0 rings (SSSR count). The van der Waals surface area contributed by atoms with Gasteiger partial charge in [0.25, 0.3) is 0 Å². The lowest BCUT2D eigenvalue weighted by molar-refractivity contribution is -0.167. The van der Waals surface area contributed by atoms with Gasteiger partial charge < -0.3 is 14.2 Å². The average molecular weight is 855 g/mol. The summed E-state index contributed by atoms with van der Waals surface area (Å²) >= 11 is 0. The van der Waals surface area contributed by atoms with Crippen LogP contribution in [-0.4, -0.2) is 37.2 Å². The molecule has 6 heteroatoms. The highest BCUT2D eigenvalue weighted by Gasteiger charge is 2.19. The number of esters is 3. The largest absolute Gasteiger partial charge is 0.462 e. The fourth-order valence-corrected chi connectivity index (χ4v) is 7.44. The van der Waals surface area contributed by atoms with Crippen LogP contribution in [0.25, 0.3) is 0 Å². The molecule has 0 saturated carbocycles. The molecule has 0 fully saturated rings. The number of carbonyl (C=O) groups is 3. The Balaban J connectivity index is 4.30. The van der Waals surface area contributed by atoms with Crippen molar-refractivity contribution in [1.82, 2.24) is 0 Å². The van der Waals surface area contributed by atoms with Crippen LogP contribution in [0.2, 0.25) is 0 Å². The zero-order valence-electron chi connectivity index (χ0n) is 40.4. The van der Waals surface area contributed by atoms with Crippen molar-refractivity contribution in [3.63, 3.8) is 0 Å². The fraction of sp³-hybridized carbons (Fsp3) is 0.800. The van der Waals surface area contributed by atoms with Crippen molar-refractivity contribution in [3.8, 4) is 0 Å². The number of ether oxygens (including phenoxy) is 3. The van der Waals surface area contributed by atoms with Gasteiger partial charge in [-0.05, 0) is 64.2 Å². The molecule has 0 aromatic rings. The Hall–Kier alpha value is -2.63. The Morgan fingerprint density at radius 2 is 0.656 bits per heavy atom. The molecule has 61 heavy (non-hydrogen) atoms. The molecule has 0 aliphatic heterocycles. The fourth-order valence-electron chi connectivity index (χ4n) is 7.44. The standard InChI is InChI=1S/C55H98O6/c1-4-7-10-13-16-19-21-23-25-26-27-28-30-31-33-36-39-42-45-48-54(57)60-51-52(50-59-53(56)47-44-41-38-35-18-15-12-9-6-3)61-55(58)49-46-43-40-37-34-32-29-24-22-20-17-14-11-8-5-2/h8,11,14,17,20,22,26-27,52H,4-7,9-10,12-13,15-16,18-19,21,23-25,28-51H2,1-3H3/b11-8-,17-14-,22-20-,27-26-. The van der Waals surface area contributed by atoms with Crippen molar-refractivity contribution in [2.75, 3.05) is 13.2 Å². The van der Waals surface area contributed by atoms with Crippen LogP contribution in [-0.2, 0) is 28.6 Å². The van der Waals surface area contributed by atoms with Crippen LogP contribution >= 0.6 is 0 Å². The first kappa shape index (κ1) is 58.4. The van der Waals surface area contributed by atoms with Gasteiger partial charge in [0, 0.05) is 19.3 Å². The molecular weight excluding hydrogens is 757 g/mol. The number of rotatable bonds is 47. The van der Waals surface area contributed by atoms with Crippen LogP contribution in [0.5, 0.6) is 0 Å². The van der Waals surface area contributed by atoms with Crippen molar-refractivity contribution >= 4 is 17.9 Å². The van der Waals surface area contributed by atoms with Crippen LogP contribution in [0.4, 0.5) is 0 Å². The summed E-state index contributed by atoms with van der Waals surface area (Å²) in [5.74, 6) is -0.890. The summed E-state index contributed by atoms with van der Waals surface area (Å²) in [4.78, 5) is 37.9. The molecule has 0 aromatic carbocycles. The molecule has 0 spiro atoms. The summed E-state index contributed by atoms with van der Waals surface area (Å²) in [6, 6.07) is 0. The van der Waals surface area contributed by atoms with Gasteiger partial charge in [0.1, 0.15) is 13.2 Å². The molecule has 0 radical (unpaired) electrons. The van der Waals surface area contributed by atoms with E-state index in [-0.39, 0.29) is 31.1 Å². The zero-order chi connectivity index (χ0) is 44.4. The van der Waals surface area contributed by atoms with E-state index in [0.29, 0.717) is 19.3 Å². The summed E-state index contributed by atoms with van der Waals surface area (Å²) < 4.78 is 16.8. The first-order chi connectivity index (χ1) is 30.0. The number of carbonyl (C=O) groups excluding carboxylic acids is 3. The van der Waals surface area contributed by atoms with Gasteiger partial charge in [-0.2, -0.15) is 0 Å². The van der Waals surface area contributed by atoms with Gasteiger partial charge in [0.15, 0.2) is 6.10 Å². The molecule has 0 aliphatic rings. The molecule has 1 unspecified atom stereocenters. The minimum atomic E-state index is -0.777.